The van der Waals surface area contributed by atoms with E-state index in [1.807, 2.05) is 0 Å². The van der Waals surface area contributed by atoms with E-state index in [1.165, 1.54) is 23.0 Å². The predicted octanol–water partition coefficient (Wildman–Crippen LogP) is 6.72. The molecule has 0 unspecified atom stereocenters. The molecule has 0 aliphatic heterocycles. The number of fused-ring (bicyclic) bond motifs is 1. The number of carbonyl (C=O) groups is 2. The number of halogens is 8. The predicted molar refractivity (Wildman–Crippen MR) is 140 cm³/mol. The number of rotatable bonds is 9. The summed E-state index contributed by atoms with van der Waals surface area (Å²) < 4.78 is 107. The molecule has 2 aliphatic carbocycles. The molecule has 1 aromatic carbocycles. The van der Waals surface area contributed by atoms with Crippen LogP contribution in [-0.2, 0) is 4.79 Å². The van der Waals surface area contributed by atoms with Crippen molar-refractivity contribution in [3.8, 4) is 0 Å². The second-order valence-electron chi connectivity index (χ2n) is 11.5. The molecule has 2 fully saturated rings. The Morgan fingerprint density at radius 2 is 1.52 bits per heavy atom. The number of nitrogens with zero attached hydrogens (tertiary/aromatic N) is 3. The van der Waals surface area contributed by atoms with Crippen LogP contribution in [0.15, 0.2) is 48.8 Å². The molecule has 2 heterocycles. The summed E-state index contributed by atoms with van der Waals surface area (Å²) in [7, 11) is 0. The van der Waals surface area contributed by atoms with Crippen LogP contribution in [0, 0.1) is 17.8 Å². The zero-order chi connectivity index (χ0) is 31.9. The number of aromatic nitrogens is 3. The highest BCUT2D eigenvalue weighted by Crippen LogP contribution is 2.44. The fraction of sp³-hybridized carbons (Fsp3) is 0.517. The third kappa shape index (κ3) is 7.46. The van der Waals surface area contributed by atoms with Gasteiger partial charge in [-0.3, -0.25) is 9.59 Å². The first-order chi connectivity index (χ1) is 20.6. The lowest BCUT2D eigenvalue weighted by Gasteiger charge is -2.33. The minimum absolute atomic E-state index is 0.131. The topological polar surface area (TPSA) is 88.4 Å². The monoisotopic (exact) mass is 631 g/mol. The molecule has 0 spiro atoms. The molecule has 7 nitrogen and oxygen atoms in total. The Morgan fingerprint density at radius 3 is 2.11 bits per heavy atom. The van der Waals surface area contributed by atoms with E-state index in [9.17, 15) is 44.7 Å². The third-order valence-electron chi connectivity index (χ3n) is 8.18. The lowest BCUT2D eigenvalue weighted by Crippen LogP contribution is -2.41. The number of alkyl halides is 8. The highest BCUT2D eigenvalue weighted by atomic mass is 19.4. The van der Waals surface area contributed by atoms with E-state index in [2.05, 4.69) is 20.7 Å². The van der Waals surface area contributed by atoms with E-state index in [4.69, 9.17) is 0 Å². The number of imidazole rings is 1. The van der Waals surface area contributed by atoms with Gasteiger partial charge in [-0.05, 0) is 61.3 Å². The van der Waals surface area contributed by atoms with Gasteiger partial charge in [0, 0.05) is 24.8 Å². The maximum absolute atomic E-state index is 13.9. The molecule has 0 bridgehead atoms. The zero-order valence-corrected chi connectivity index (χ0v) is 23.1. The summed E-state index contributed by atoms with van der Waals surface area (Å²) in [6.45, 7) is 0. The van der Waals surface area contributed by atoms with E-state index in [-0.39, 0.29) is 43.2 Å². The van der Waals surface area contributed by atoms with Crippen LogP contribution in [0.3, 0.4) is 0 Å². The molecule has 5 rings (SSSR count). The quantitative estimate of drug-likeness (QED) is 0.257. The van der Waals surface area contributed by atoms with Gasteiger partial charge in [-0.1, -0.05) is 18.2 Å². The molecule has 2 aliphatic rings. The molecule has 0 saturated heterocycles. The second kappa shape index (κ2) is 12.0. The SMILES string of the molecule is O=C(CC(C(F)(F)F)C(F)(F)F)N[C@@H](c1cnn2cc([C@@H](NC(=O)c3ccccc3)C3CCC(F)(F)CC3)nc2c1)C1CC1. The Labute approximate surface area is 246 Å². The minimum Gasteiger partial charge on any atom is -0.349 e. The lowest BCUT2D eigenvalue weighted by molar-refractivity contribution is -0.284. The molecule has 2 saturated carbocycles. The first-order valence-corrected chi connectivity index (χ1v) is 14.1. The molecular weight excluding hydrogens is 602 g/mol. The highest BCUT2D eigenvalue weighted by Gasteiger charge is 2.57. The number of benzene rings is 1. The lowest BCUT2D eigenvalue weighted by atomic mass is 9.81. The Morgan fingerprint density at radius 1 is 0.909 bits per heavy atom. The van der Waals surface area contributed by atoms with Gasteiger partial charge in [0.25, 0.3) is 5.91 Å². The van der Waals surface area contributed by atoms with E-state index >= 15 is 0 Å². The van der Waals surface area contributed by atoms with Crippen LogP contribution in [0.2, 0.25) is 0 Å². The summed E-state index contributed by atoms with van der Waals surface area (Å²) in [5, 5.41) is 9.52. The van der Waals surface area contributed by atoms with Crippen molar-refractivity contribution < 1.29 is 44.7 Å². The van der Waals surface area contributed by atoms with Crippen molar-refractivity contribution in [2.45, 2.75) is 75.3 Å². The Kier molecular flexibility index (Phi) is 8.60. The van der Waals surface area contributed by atoms with Crippen LogP contribution in [0.5, 0.6) is 0 Å². The van der Waals surface area contributed by atoms with Crippen molar-refractivity contribution in [2.24, 2.45) is 17.8 Å². The molecular formula is C29H29F8N5O2. The van der Waals surface area contributed by atoms with E-state index in [0.29, 0.717) is 29.7 Å². The average molecular weight is 632 g/mol. The summed E-state index contributed by atoms with van der Waals surface area (Å²) in [6.07, 6.45) is -9.46. The Balaban J connectivity index is 1.39. The van der Waals surface area contributed by atoms with E-state index in [0.717, 1.165) is 0 Å². The molecule has 44 heavy (non-hydrogen) atoms. The molecule has 3 aromatic rings. The molecule has 0 radical (unpaired) electrons. The van der Waals surface area contributed by atoms with Crippen LogP contribution < -0.4 is 10.6 Å². The van der Waals surface area contributed by atoms with E-state index < -0.39 is 54.5 Å². The van der Waals surface area contributed by atoms with Crippen molar-refractivity contribution in [2.75, 3.05) is 0 Å². The summed E-state index contributed by atoms with van der Waals surface area (Å²) in [5.74, 6) is -9.00. The number of hydrogen-bond acceptors (Lipinski definition) is 4. The van der Waals surface area contributed by atoms with Crippen LogP contribution in [0.25, 0.3) is 5.65 Å². The number of nitrogens with one attached hydrogen (secondary N) is 2. The zero-order valence-electron chi connectivity index (χ0n) is 23.1. The molecule has 2 atom stereocenters. The summed E-state index contributed by atoms with van der Waals surface area (Å²) >= 11 is 0. The number of amides is 2. The van der Waals surface area contributed by atoms with Gasteiger partial charge >= 0.3 is 12.4 Å². The van der Waals surface area contributed by atoms with E-state index in [1.54, 1.807) is 30.3 Å². The van der Waals surface area contributed by atoms with Crippen molar-refractivity contribution in [3.05, 3.63) is 65.6 Å². The smallest absolute Gasteiger partial charge is 0.349 e. The van der Waals surface area contributed by atoms with Crippen molar-refractivity contribution in [1.82, 2.24) is 25.2 Å². The Hall–Kier alpha value is -3.78. The fourth-order valence-corrected chi connectivity index (χ4v) is 5.61. The van der Waals surface area contributed by atoms with Crippen LogP contribution in [0.4, 0.5) is 35.1 Å². The van der Waals surface area contributed by atoms with Gasteiger partial charge in [-0.25, -0.2) is 18.3 Å². The number of hydrogen-bond donors (Lipinski definition) is 2. The van der Waals surface area contributed by atoms with Gasteiger partial charge in [-0.2, -0.15) is 31.4 Å². The number of carbonyl (C=O) groups excluding carboxylic acids is 2. The highest BCUT2D eigenvalue weighted by molar-refractivity contribution is 5.94. The van der Waals surface area contributed by atoms with Crippen LogP contribution in [-0.4, -0.2) is 44.7 Å². The normalized spacial score (nSPS) is 19.1. The fourth-order valence-electron chi connectivity index (χ4n) is 5.61. The average Bonchev–Trinajstić information content (AvgIpc) is 3.70. The first-order valence-electron chi connectivity index (χ1n) is 14.1. The van der Waals surface area contributed by atoms with Gasteiger partial charge < -0.3 is 10.6 Å². The largest absolute Gasteiger partial charge is 0.400 e. The third-order valence-corrected chi connectivity index (χ3v) is 8.18. The van der Waals surface area contributed by atoms with Crippen LogP contribution >= 0.6 is 0 Å². The minimum atomic E-state index is -5.64. The van der Waals surface area contributed by atoms with Gasteiger partial charge in [0.15, 0.2) is 11.6 Å². The van der Waals surface area contributed by atoms with Gasteiger partial charge in [-0.15, -0.1) is 0 Å². The summed E-state index contributed by atoms with van der Waals surface area (Å²) in [4.78, 5) is 30.0. The molecule has 238 valence electrons. The first kappa shape index (κ1) is 31.6. The maximum Gasteiger partial charge on any atom is 0.400 e. The standard InChI is InChI=1S/C29H29F8N5O2/c30-27(31)10-8-17(9-11-27)25(41-26(44)18-4-2-1-3-5-18)20-15-42-22(39-20)12-19(14-38-42)24(16-6-7-16)40-23(43)13-21(28(32,33)34)29(35,36)37/h1-5,12,14-17,21,24-25H,6-11,13H2,(H,40,43)(H,41,44)/t24-,25+/m1/s1. The molecule has 2 aromatic heterocycles. The molecule has 15 heteroatoms. The van der Waals surface area contributed by atoms with Gasteiger partial charge in [0.2, 0.25) is 11.8 Å². The molecule has 2 N–H and O–H groups in total. The van der Waals surface area contributed by atoms with Crippen molar-refractivity contribution in [1.29, 1.82) is 0 Å². The molecule has 2 amide bonds. The summed E-state index contributed by atoms with van der Waals surface area (Å²) in [5.41, 5.74) is 1.28. The maximum atomic E-state index is 13.9. The van der Waals surface area contributed by atoms with Crippen LogP contribution in [0.1, 0.15) is 78.6 Å². The van der Waals surface area contributed by atoms with Gasteiger partial charge in [0.1, 0.15) is 0 Å². The van der Waals surface area contributed by atoms with Crippen molar-refractivity contribution >= 4 is 17.5 Å². The second-order valence-corrected chi connectivity index (χ2v) is 11.5. The Bertz CT molecular complexity index is 1460. The van der Waals surface area contributed by atoms with Crippen molar-refractivity contribution in [3.63, 3.8) is 0 Å². The summed E-state index contributed by atoms with van der Waals surface area (Å²) in [6, 6.07) is 8.20. The van der Waals surface area contributed by atoms with Gasteiger partial charge in [0.05, 0.1) is 30.2 Å².